The maximum absolute atomic E-state index is 11.7. The minimum atomic E-state index is -3.11. The summed E-state index contributed by atoms with van der Waals surface area (Å²) >= 11 is 0. The molecule has 0 bridgehead atoms. The van der Waals surface area contributed by atoms with E-state index in [1.54, 1.807) is 48.5 Å². The zero-order chi connectivity index (χ0) is 14.5. The molecule has 0 radical (unpaired) electrons. The van der Waals surface area contributed by atoms with Crippen molar-refractivity contribution in [2.75, 3.05) is 0 Å². The predicted octanol–water partition coefficient (Wildman–Crippen LogP) is 2.46. The average molecular weight is 291 g/mol. The summed E-state index contributed by atoms with van der Waals surface area (Å²) in [5, 5.41) is 9.45. The highest BCUT2D eigenvalue weighted by atomic mass is 31.1. The number of pyridine rings is 1. The Morgan fingerprint density at radius 1 is 1.10 bits per heavy atom. The third kappa shape index (κ3) is 3.13. The van der Waals surface area contributed by atoms with Gasteiger partial charge < -0.3 is 10.00 Å². The average Bonchev–Trinajstić information content (AvgIpc) is 2.45. The number of benzene rings is 1. The Morgan fingerprint density at radius 3 is 2.25 bits per heavy atom. The van der Waals surface area contributed by atoms with Gasteiger partial charge in [-0.2, -0.15) is 0 Å². The Labute approximate surface area is 116 Å². The summed E-state index contributed by atoms with van der Waals surface area (Å²) in [6.45, 7) is 0. The summed E-state index contributed by atoms with van der Waals surface area (Å²) in [7, 11) is -3.11. The number of carboxylic acids is 1. The lowest BCUT2D eigenvalue weighted by Gasteiger charge is -2.21. The molecule has 1 aromatic carbocycles. The smallest absolute Gasteiger partial charge is 0.312 e. The lowest BCUT2D eigenvalue weighted by Crippen LogP contribution is -2.19. The Morgan fingerprint density at radius 2 is 1.75 bits per heavy atom. The van der Waals surface area contributed by atoms with Gasteiger partial charge in [-0.3, -0.25) is 14.3 Å². The summed E-state index contributed by atoms with van der Waals surface area (Å²) in [6, 6.07) is 13.4. The van der Waals surface area contributed by atoms with Crippen molar-refractivity contribution in [3.05, 3.63) is 66.0 Å². The number of rotatable bonds is 5. The van der Waals surface area contributed by atoms with Crippen LogP contribution in [0.15, 0.2) is 54.7 Å². The number of carbonyl (C=O) groups is 1. The lowest BCUT2D eigenvalue weighted by atomic mass is 9.93. The topological polar surface area (TPSA) is 87.5 Å². The van der Waals surface area contributed by atoms with Gasteiger partial charge in [0.05, 0.1) is 17.3 Å². The number of hydrogen-bond acceptors (Lipinski definition) is 3. The van der Waals surface area contributed by atoms with Gasteiger partial charge in [0.15, 0.2) is 8.03 Å². The van der Waals surface area contributed by atoms with Gasteiger partial charge in [-0.15, -0.1) is 0 Å². The van der Waals surface area contributed by atoms with E-state index in [9.17, 15) is 19.4 Å². The Balaban J connectivity index is 2.50. The standard InChI is InChI=1S/C14H14NO4P/c16-14(17)12(10-6-2-1-3-7-10)13(20(18)19)11-8-4-5-9-15-11/h1-9,12-13,20H,(H,16,17)(H,18,19). The molecule has 2 N–H and O–H groups in total. The van der Waals surface area contributed by atoms with E-state index >= 15 is 0 Å². The second-order valence-corrected chi connectivity index (χ2v) is 5.60. The minimum Gasteiger partial charge on any atom is -0.481 e. The molecule has 0 aliphatic carbocycles. The molecule has 0 aliphatic heterocycles. The molecule has 0 saturated heterocycles. The molecule has 0 saturated carbocycles. The van der Waals surface area contributed by atoms with Crippen LogP contribution in [0.25, 0.3) is 0 Å². The first-order valence-corrected chi connectivity index (χ1v) is 7.46. The van der Waals surface area contributed by atoms with E-state index in [1.165, 1.54) is 6.20 Å². The van der Waals surface area contributed by atoms with Crippen molar-refractivity contribution in [3.63, 3.8) is 0 Å². The van der Waals surface area contributed by atoms with Crippen LogP contribution in [0.5, 0.6) is 0 Å². The van der Waals surface area contributed by atoms with E-state index in [-0.39, 0.29) is 0 Å². The molecule has 2 rings (SSSR count). The van der Waals surface area contributed by atoms with E-state index in [0.717, 1.165) is 0 Å². The molecule has 2 aromatic rings. The van der Waals surface area contributed by atoms with Crippen LogP contribution >= 0.6 is 8.03 Å². The van der Waals surface area contributed by atoms with E-state index < -0.39 is 25.6 Å². The molecule has 0 fully saturated rings. The van der Waals surface area contributed by atoms with Crippen LogP contribution in [0.4, 0.5) is 0 Å². The van der Waals surface area contributed by atoms with Gasteiger partial charge in [0, 0.05) is 6.20 Å². The molecular weight excluding hydrogens is 277 g/mol. The Bertz CT molecular complexity index is 548. The molecule has 0 spiro atoms. The van der Waals surface area contributed by atoms with Crippen LogP contribution in [0, 0.1) is 0 Å². The van der Waals surface area contributed by atoms with Crippen LogP contribution in [-0.2, 0) is 9.36 Å². The highest BCUT2D eigenvalue weighted by Gasteiger charge is 2.35. The fourth-order valence-electron chi connectivity index (χ4n) is 2.14. The highest BCUT2D eigenvalue weighted by Crippen LogP contribution is 2.47. The number of carboxylic acid groups (broad SMARTS) is 1. The SMILES string of the molecule is O=C(O)C(c1ccccc1)C(c1ccccn1)[PH](=O)O. The zero-order valence-electron chi connectivity index (χ0n) is 10.5. The predicted molar refractivity (Wildman–Crippen MR) is 75.0 cm³/mol. The van der Waals surface area contributed by atoms with Crippen molar-refractivity contribution in [2.45, 2.75) is 11.6 Å². The summed E-state index contributed by atoms with van der Waals surface area (Å²) in [6.07, 6.45) is 1.48. The van der Waals surface area contributed by atoms with E-state index in [0.29, 0.717) is 11.3 Å². The number of aromatic nitrogens is 1. The highest BCUT2D eigenvalue weighted by molar-refractivity contribution is 7.38. The molecular formula is C14H14NO4P. The second kappa shape index (κ2) is 6.46. The van der Waals surface area contributed by atoms with Gasteiger partial charge in [0.2, 0.25) is 0 Å². The van der Waals surface area contributed by atoms with Crippen molar-refractivity contribution in [1.29, 1.82) is 0 Å². The first-order chi connectivity index (χ1) is 9.61. The van der Waals surface area contributed by atoms with Gasteiger partial charge in [-0.1, -0.05) is 36.4 Å². The number of hydrogen-bond donors (Lipinski definition) is 2. The Hall–Kier alpha value is -1.97. The van der Waals surface area contributed by atoms with Gasteiger partial charge in [0.1, 0.15) is 0 Å². The van der Waals surface area contributed by atoms with Crippen molar-refractivity contribution in [1.82, 2.24) is 4.98 Å². The molecule has 20 heavy (non-hydrogen) atoms. The minimum absolute atomic E-state index is 0.315. The molecule has 104 valence electrons. The molecule has 0 aliphatic rings. The van der Waals surface area contributed by atoms with Crippen LogP contribution in [0.2, 0.25) is 0 Å². The van der Waals surface area contributed by atoms with E-state index in [4.69, 9.17) is 0 Å². The van der Waals surface area contributed by atoms with Crippen LogP contribution in [0.3, 0.4) is 0 Å². The molecule has 0 amide bonds. The molecule has 5 nitrogen and oxygen atoms in total. The second-order valence-electron chi connectivity index (χ2n) is 4.30. The van der Waals surface area contributed by atoms with Crippen LogP contribution in [-0.4, -0.2) is 21.0 Å². The summed E-state index contributed by atoms with van der Waals surface area (Å²) in [4.78, 5) is 25.2. The largest absolute Gasteiger partial charge is 0.481 e. The van der Waals surface area contributed by atoms with Crippen molar-refractivity contribution >= 4 is 14.0 Å². The normalized spacial score (nSPS) is 15.2. The number of nitrogens with zero attached hydrogens (tertiary/aromatic N) is 1. The van der Waals surface area contributed by atoms with Crippen LogP contribution < -0.4 is 0 Å². The van der Waals surface area contributed by atoms with Crippen molar-refractivity contribution in [3.8, 4) is 0 Å². The third-order valence-electron chi connectivity index (χ3n) is 3.03. The fourth-order valence-corrected chi connectivity index (χ4v) is 3.18. The maximum atomic E-state index is 11.7. The van der Waals surface area contributed by atoms with Crippen molar-refractivity contribution < 1.29 is 19.4 Å². The van der Waals surface area contributed by atoms with Gasteiger partial charge in [-0.05, 0) is 17.7 Å². The zero-order valence-corrected chi connectivity index (χ0v) is 11.5. The van der Waals surface area contributed by atoms with Gasteiger partial charge in [-0.25, -0.2) is 0 Å². The Kier molecular flexibility index (Phi) is 4.66. The molecule has 1 aromatic heterocycles. The monoisotopic (exact) mass is 291 g/mol. The summed E-state index contributed by atoms with van der Waals surface area (Å²) in [5.74, 6) is -2.23. The first kappa shape index (κ1) is 14.4. The van der Waals surface area contributed by atoms with E-state index in [2.05, 4.69) is 4.98 Å². The van der Waals surface area contributed by atoms with E-state index in [1.807, 2.05) is 0 Å². The summed E-state index contributed by atoms with van der Waals surface area (Å²) in [5.41, 5.74) is -0.237. The van der Waals surface area contributed by atoms with Crippen LogP contribution in [0.1, 0.15) is 22.8 Å². The molecule has 6 heteroatoms. The molecule has 1 heterocycles. The van der Waals surface area contributed by atoms with Gasteiger partial charge in [0.25, 0.3) is 0 Å². The quantitative estimate of drug-likeness (QED) is 0.826. The molecule has 3 unspecified atom stereocenters. The molecule has 3 atom stereocenters. The van der Waals surface area contributed by atoms with Gasteiger partial charge >= 0.3 is 5.97 Å². The van der Waals surface area contributed by atoms with Crippen molar-refractivity contribution in [2.24, 2.45) is 0 Å². The fraction of sp³-hybridized carbons (Fsp3) is 0.143. The lowest BCUT2D eigenvalue weighted by molar-refractivity contribution is -0.139. The summed E-state index contributed by atoms with van der Waals surface area (Å²) < 4.78 is 11.7. The first-order valence-electron chi connectivity index (χ1n) is 6.02. The third-order valence-corrected chi connectivity index (χ3v) is 4.19. The number of aliphatic carboxylic acids is 1. The maximum Gasteiger partial charge on any atom is 0.312 e.